The van der Waals surface area contributed by atoms with Gasteiger partial charge < -0.3 is 19.7 Å². The first kappa shape index (κ1) is 57.2. The number of carbonyl (C=O) groups is 2. The van der Waals surface area contributed by atoms with Crippen LogP contribution in [0.2, 0.25) is 10.0 Å². The summed E-state index contributed by atoms with van der Waals surface area (Å²) in [5.74, 6) is 3.03. The number of hydrogen-bond acceptors (Lipinski definition) is 8. The summed E-state index contributed by atoms with van der Waals surface area (Å²) in [6.07, 6.45) is 19.1. The predicted octanol–water partition coefficient (Wildman–Crippen LogP) is 15.9. The van der Waals surface area contributed by atoms with E-state index >= 15 is 0 Å². The quantitative estimate of drug-likeness (QED) is 0.0491. The standard InChI is InChI=1S/C59H70Cl2N2O10.Na/c1-35(2)10-6-11-36(3)49-20-21-50-46-19-18-42-26-37(22-24-58(42,4)51(46)23-25-59(49,50)5)12-9-17-45(40-29-47(56(64)65)54(52(60)31-40)72-33-38-13-7-15-43(27-38)62(68)69)41-30-48(57(66)67)55(53(61)32-41)73-34-39-14-8-16-44(28-39)63(70)71;/h7-8,13-17,27-32,35-37,42,46,49-51H,6,9-12,18-26,33-34H2,1-5H3,(H,64,65)(H,66,67);/t36?,37-,42-,46-,49+,50-,51-,58-,59+;/m0./s1. The average Bonchev–Trinajstić information content (AvgIpc) is 3.71. The van der Waals surface area contributed by atoms with Crippen molar-refractivity contribution in [2.24, 2.45) is 58.2 Å². The smallest absolute Gasteiger partial charge is 0.339 e. The molecule has 4 saturated carbocycles. The van der Waals surface area contributed by atoms with E-state index in [2.05, 4.69) is 34.6 Å². The van der Waals surface area contributed by atoms with Gasteiger partial charge in [0.2, 0.25) is 0 Å². The van der Waals surface area contributed by atoms with Crippen LogP contribution in [-0.2, 0) is 13.2 Å². The van der Waals surface area contributed by atoms with Crippen molar-refractivity contribution in [2.45, 2.75) is 138 Å². The van der Waals surface area contributed by atoms with Gasteiger partial charge in [0.15, 0.2) is 11.5 Å². The fourth-order valence-electron chi connectivity index (χ4n) is 14.4. The molecule has 0 bridgehead atoms. The summed E-state index contributed by atoms with van der Waals surface area (Å²) in [7, 11) is 0. The maximum atomic E-state index is 12.9. The van der Waals surface area contributed by atoms with Crippen LogP contribution in [0.15, 0.2) is 78.9 Å². The molecule has 4 aliphatic carbocycles. The fourth-order valence-corrected chi connectivity index (χ4v) is 15.0. The van der Waals surface area contributed by atoms with Crippen molar-refractivity contribution in [2.75, 3.05) is 0 Å². The van der Waals surface area contributed by atoms with Crippen LogP contribution < -0.4 is 9.47 Å². The minimum absolute atomic E-state index is 0. The molecular weight excluding hydrogens is 991 g/mol. The Kier molecular flexibility index (Phi) is 18.8. The van der Waals surface area contributed by atoms with Crippen LogP contribution in [0, 0.1) is 78.4 Å². The van der Waals surface area contributed by atoms with Crippen molar-refractivity contribution in [1.29, 1.82) is 0 Å². The van der Waals surface area contributed by atoms with E-state index in [1.807, 2.05) is 6.08 Å². The molecule has 4 aliphatic rings. The number of carboxylic acid groups (broad SMARTS) is 2. The molecule has 0 heterocycles. The molecule has 15 heteroatoms. The van der Waals surface area contributed by atoms with Crippen molar-refractivity contribution in [3.63, 3.8) is 0 Å². The first-order valence-electron chi connectivity index (χ1n) is 26.3. The molecule has 0 saturated heterocycles. The number of nitro groups is 2. The number of halogens is 2. The fraction of sp³-hybridized carbons (Fsp3) is 0.525. The summed E-state index contributed by atoms with van der Waals surface area (Å²) in [5.41, 5.74) is 2.16. The van der Waals surface area contributed by atoms with E-state index < -0.39 is 21.8 Å². The molecule has 0 spiro atoms. The Hall–Kier alpha value is -4.46. The van der Waals surface area contributed by atoms with Crippen LogP contribution in [-0.4, -0.2) is 61.6 Å². The molecule has 4 fully saturated rings. The second kappa shape index (κ2) is 24.3. The van der Waals surface area contributed by atoms with Crippen molar-refractivity contribution in [3.05, 3.63) is 143 Å². The number of ether oxygens (including phenoxy) is 2. The molecule has 4 aromatic carbocycles. The second-order valence-electron chi connectivity index (χ2n) is 22.7. The van der Waals surface area contributed by atoms with Gasteiger partial charge in [-0.1, -0.05) is 107 Å². The van der Waals surface area contributed by atoms with E-state index in [9.17, 15) is 40.0 Å². The topological polar surface area (TPSA) is 179 Å². The second-order valence-corrected chi connectivity index (χ2v) is 23.5. The van der Waals surface area contributed by atoms with Gasteiger partial charge >= 0.3 is 11.9 Å². The summed E-state index contributed by atoms with van der Waals surface area (Å²) in [6.45, 7) is 12.1. The van der Waals surface area contributed by atoms with Gasteiger partial charge in [-0.15, -0.1) is 0 Å². The third kappa shape index (κ3) is 12.4. The molecule has 1 radical (unpaired) electrons. The van der Waals surface area contributed by atoms with Crippen LogP contribution >= 0.6 is 23.2 Å². The van der Waals surface area contributed by atoms with Gasteiger partial charge in [-0.3, -0.25) is 20.2 Å². The van der Waals surface area contributed by atoms with E-state index in [-0.39, 0.29) is 86.8 Å². The van der Waals surface area contributed by atoms with Gasteiger partial charge in [-0.25, -0.2) is 9.59 Å². The van der Waals surface area contributed by atoms with E-state index in [0.29, 0.717) is 56.9 Å². The molecule has 0 aliphatic heterocycles. The number of aromatic carboxylic acids is 2. The number of benzene rings is 4. The number of carboxylic acids is 2. The van der Waals surface area contributed by atoms with E-state index in [4.69, 9.17) is 32.7 Å². The molecule has 0 amide bonds. The van der Waals surface area contributed by atoms with Crippen LogP contribution in [0.1, 0.15) is 167 Å². The maximum Gasteiger partial charge on any atom is 0.339 e. The monoisotopic (exact) mass is 1060 g/mol. The Balaban J connectivity index is 0.00000800. The number of non-ortho nitro benzene ring substituents is 2. The molecule has 391 valence electrons. The average molecular weight is 1060 g/mol. The zero-order valence-electron chi connectivity index (χ0n) is 43.7. The van der Waals surface area contributed by atoms with Crippen LogP contribution in [0.3, 0.4) is 0 Å². The van der Waals surface area contributed by atoms with Gasteiger partial charge in [-0.2, -0.15) is 0 Å². The van der Waals surface area contributed by atoms with Crippen LogP contribution in [0.5, 0.6) is 11.5 Å². The number of fused-ring (bicyclic) bond motifs is 5. The first-order chi connectivity index (χ1) is 34.8. The third-order valence-electron chi connectivity index (χ3n) is 18.1. The van der Waals surface area contributed by atoms with Gasteiger partial charge in [0, 0.05) is 53.8 Å². The Bertz CT molecular complexity index is 2640. The van der Waals surface area contributed by atoms with E-state index in [1.165, 1.54) is 113 Å². The van der Waals surface area contributed by atoms with Crippen molar-refractivity contribution >= 4 is 81.6 Å². The molecule has 8 rings (SSSR count). The van der Waals surface area contributed by atoms with Gasteiger partial charge in [0.25, 0.3) is 11.4 Å². The predicted molar refractivity (Wildman–Crippen MR) is 290 cm³/mol. The minimum Gasteiger partial charge on any atom is -0.486 e. The Morgan fingerprint density at radius 2 is 1.27 bits per heavy atom. The summed E-state index contributed by atoms with van der Waals surface area (Å²) in [4.78, 5) is 47.7. The molecule has 2 N–H and O–H groups in total. The Morgan fingerprint density at radius 3 is 1.80 bits per heavy atom. The Labute approximate surface area is 467 Å². The summed E-state index contributed by atoms with van der Waals surface area (Å²) >= 11 is 13.8. The van der Waals surface area contributed by atoms with Gasteiger partial charge in [0.1, 0.15) is 24.3 Å². The molecular formula is C59H70Cl2N2NaO10. The molecule has 1 unspecified atom stereocenters. The molecule has 9 atom stereocenters. The number of nitrogens with zero attached hydrogens (tertiary/aromatic N) is 2. The SMILES string of the molecule is CC(C)CCCC(C)[C@H]1CC[C@H]2[C@@H]3CC[C@H]4C[C@@H](CCC=C(c5cc(Cl)c(OCc6cccc([N+](=O)[O-])c6)c(C(=O)O)c5)c5cc(Cl)c(OCc6cccc([N+](=O)[O-])c6)c(C(=O)O)c5)CC[C@]4(C)[C@H]3CC[C@]12C.[Na]. The molecule has 12 nitrogen and oxygen atoms in total. The van der Waals surface area contributed by atoms with E-state index in [0.717, 1.165) is 54.8 Å². The zero-order chi connectivity index (χ0) is 52.4. The molecule has 4 aromatic rings. The van der Waals surface area contributed by atoms with Crippen LogP contribution in [0.4, 0.5) is 11.4 Å². The number of nitro benzene ring substituents is 2. The number of allylic oxidation sites excluding steroid dienone is 1. The van der Waals surface area contributed by atoms with Crippen LogP contribution in [0.25, 0.3) is 5.57 Å². The first-order valence-corrected chi connectivity index (χ1v) is 27.1. The maximum absolute atomic E-state index is 12.9. The Morgan fingerprint density at radius 1 is 0.730 bits per heavy atom. The normalized spacial score (nSPS) is 25.4. The minimum atomic E-state index is -1.33. The molecule has 74 heavy (non-hydrogen) atoms. The van der Waals surface area contributed by atoms with Crippen molar-refractivity contribution in [1.82, 2.24) is 0 Å². The number of hydrogen-bond donors (Lipinski definition) is 2. The summed E-state index contributed by atoms with van der Waals surface area (Å²) in [5, 5.41) is 43.9. The zero-order valence-corrected chi connectivity index (χ0v) is 47.3. The largest absolute Gasteiger partial charge is 0.486 e. The molecule has 0 aromatic heterocycles. The van der Waals surface area contributed by atoms with Gasteiger partial charge in [0.05, 0.1) is 19.9 Å². The summed E-state index contributed by atoms with van der Waals surface area (Å²) < 4.78 is 11.9. The van der Waals surface area contributed by atoms with Crippen molar-refractivity contribution < 1.29 is 39.1 Å². The summed E-state index contributed by atoms with van der Waals surface area (Å²) in [6, 6.07) is 17.7. The van der Waals surface area contributed by atoms with E-state index in [1.54, 1.807) is 24.3 Å². The number of rotatable bonds is 20. The van der Waals surface area contributed by atoms with Gasteiger partial charge in [-0.05, 0) is 181 Å². The van der Waals surface area contributed by atoms with Crippen molar-refractivity contribution in [3.8, 4) is 11.5 Å². The third-order valence-corrected chi connectivity index (χ3v) is 18.6.